The van der Waals surface area contributed by atoms with E-state index >= 15 is 0 Å². The molecule has 1 aliphatic rings. The summed E-state index contributed by atoms with van der Waals surface area (Å²) in [6, 6.07) is 8.06. The van der Waals surface area contributed by atoms with E-state index in [1.54, 1.807) is 0 Å². The van der Waals surface area contributed by atoms with Gasteiger partial charge in [-0.25, -0.2) is 0 Å². The molecule has 4 heteroatoms. The van der Waals surface area contributed by atoms with Crippen molar-refractivity contribution in [3.05, 3.63) is 29.8 Å². The standard InChI is InChI=1S/C16H24N2O2/c1-16(2,3)20-11-15(19)18(13-8-9-13)10-12-6-4-5-7-14(12)17/h4-7,13H,8-11,17H2,1-3H3. The molecule has 0 aromatic heterocycles. The second-order valence-electron chi connectivity index (χ2n) is 6.35. The predicted molar refractivity (Wildman–Crippen MR) is 80.1 cm³/mol. The van der Waals surface area contributed by atoms with Crippen molar-refractivity contribution in [3.63, 3.8) is 0 Å². The molecule has 0 bridgehead atoms. The molecule has 0 unspecified atom stereocenters. The molecular weight excluding hydrogens is 252 g/mol. The Bertz CT molecular complexity index is 476. The number of nitrogens with zero attached hydrogens (tertiary/aromatic N) is 1. The minimum Gasteiger partial charge on any atom is -0.398 e. The zero-order valence-electron chi connectivity index (χ0n) is 12.6. The molecule has 0 heterocycles. The smallest absolute Gasteiger partial charge is 0.249 e. The van der Waals surface area contributed by atoms with Crippen LogP contribution in [-0.2, 0) is 16.1 Å². The number of ether oxygens (including phenoxy) is 1. The van der Waals surface area contributed by atoms with Crippen LogP contribution in [0.15, 0.2) is 24.3 Å². The van der Waals surface area contributed by atoms with E-state index in [0.717, 1.165) is 24.1 Å². The third kappa shape index (κ3) is 4.23. The lowest BCUT2D eigenvalue weighted by Crippen LogP contribution is -2.37. The maximum Gasteiger partial charge on any atom is 0.249 e. The second kappa shape index (κ2) is 5.83. The van der Waals surface area contributed by atoms with Gasteiger partial charge < -0.3 is 15.4 Å². The fraction of sp³-hybridized carbons (Fsp3) is 0.562. The van der Waals surface area contributed by atoms with Crippen molar-refractivity contribution < 1.29 is 9.53 Å². The van der Waals surface area contributed by atoms with Crippen LogP contribution in [-0.4, -0.2) is 29.1 Å². The van der Waals surface area contributed by atoms with Crippen LogP contribution in [0.2, 0.25) is 0 Å². The summed E-state index contributed by atoms with van der Waals surface area (Å²) < 4.78 is 5.60. The number of hydrogen-bond acceptors (Lipinski definition) is 3. The van der Waals surface area contributed by atoms with Crippen LogP contribution in [0.4, 0.5) is 5.69 Å². The van der Waals surface area contributed by atoms with E-state index in [9.17, 15) is 4.79 Å². The number of carbonyl (C=O) groups is 1. The Hall–Kier alpha value is -1.55. The van der Waals surface area contributed by atoms with Gasteiger partial charge in [0.05, 0.1) is 5.60 Å². The first-order chi connectivity index (χ1) is 9.37. The Morgan fingerprint density at radius 3 is 2.55 bits per heavy atom. The van der Waals surface area contributed by atoms with Gasteiger partial charge in [-0.05, 0) is 45.2 Å². The largest absolute Gasteiger partial charge is 0.398 e. The van der Waals surface area contributed by atoms with Crippen LogP contribution in [0.1, 0.15) is 39.2 Å². The molecule has 1 saturated carbocycles. The first-order valence-corrected chi connectivity index (χ1v) is 7.13. The van der Waals surface area contributed by atoms with E-state index in [4.69, 9.17) is 10.5 Å². The fourth-order valence-corrected chi connectivity index (χ4v) is 2.03. The van der Waals surface area contributed by atoms with Crippen LogP contribution in [0.5, 0.6) is 0 Å². The third-order valence-electron chi connectivity index (χ3n) is 3.33. The van der Waals surface area contributed by atoms with E-state index < -0.39 is 0 Å². The summed E-state index contributed by atoms with van der Waals surface area (Å²) in [6.45, 7) is 6.57. The molecule has 0 aliphatic heterocycles. The molecule has 0 saturated heterocycles. The van der Waals surface area contributed by atoms with Gasteiger partial charge in [0, 0.05) is 18.3 Å². The summed E-state index contributed by atoms with van der Waals surface area (Å²) in [7, 11) is 0. The molecule has 1 aromatic carbocycles. The second-order valence-corrected chi connectivity index (χ2v) is 6.35. The zero-order valence-corrected chi connectivity index (χ0v) is 12.6. The number of nitrogen functional groups attached to an aromatic ring is 1. The fourth-order valence-electron chi connectivity index (χ4n) is 2.03. The van der Waals surface area contributed by atoms with Crippen molar-refractivity contribution in [1.29, 1.82) is 0 Å². The number of rotatable bonds is 5. The number of anilines is 1. The summed E-state index contributed by atoms with van der Waals surface area (Å²) in [5, 5.41) is 0. The topological polar surface area (TPSA) is 55.6 Å². The molecule has 0 radical (unpaired) electrons. The summed E-state index contributed by atoms with van der Waals surface area (Å²) >= 11 is 0. The molecular formula is C16H24N2O2. The van der Waals surface area contributed by atoms with Crippen molar-refractivity contribution in [2.24, 2.45) is 0 Å². The summed E-state index contributed by atoms with van der Waals surface area (Å²) in [5.74, 6) is 0.0469. The predicted octanol–water partition coefficient (Wildman–Crippen LogP) is 2.57. The van der Waals surface area contributed by atoms with E-state index in [2.05, 4.69) is 0 Å². The molecule has 2 N–H and O–H groups in total. The summed E-state index contributed by atoms with van der Waals surface area (Å²) in [5.41, 5.74) is 7.41. The van der Waals surface area contributed by atoms with E-state index in [1.165, 1.54) is 0 Å². The van der Waals surface area contributed by atoms with Gasteiger partial charge >= 0.3 is 0 Å². The first-order valence-electron chi connectivity index (χ1n) is 7.13. The van der Waals surface area contributed by atoms with Crippen LogP contribution in [0.25, 0.3) is 0 Å². The molecule has 110 valence electrons. The zero-order chi connectivity index (χ0) is 14.8. The highest BCUT2D eigenvalue weighted by atomic mass is 16.5. The highest BCUT2D eigenvalue weighted by molar-refractivity contribution is 5.78. The average molecular weight is 276 g/mol. The normalized spacial score (nSPS) is 15.2. The minimum absolute atomic E-state index is 0.0469. The van der Waals surface area contributed by atoms with Crippen LogP contribution >= 0.6 is 0 Å². The molecule has 0 spiro atoms. The SMILES string of the molecule is CC(C)(C)OCC(=O)N(Cc1ccccc1N)C1CC1. The van der Waals surface area contributed by atoms with Crippen LogP contribution < -0.4 is 5.73 Å². The lowest BCUT2D eigenvalue weighted by Gasteiger charge is -2.26. The molecule has 2 rings (SSSR count). The molecule has 4 nitrogen and oxygen atoms in total. The van der Waals surface area contributed by atoms with Gasteiger partial charge in [0.25, 0.3) is 0 Å². The van der Waals surface area contributed by atoms with Crippen LogP contribution in [0.3, 0.4) is 0 Å². The van der Waals surface area contributed by atoms with Crippen molar-refractivity contribution in [2.75, 3.05) is 12.3 Å². The van der Waals surface area contributed by atoms with E-state index in [1.807, 2.05) is 49.9 Å². The highest BCUT2D eigenvalue weighted by Crippen LogP contribution is 2.29. The molecule has 0 atom stereocenters. The average Bonchev–Trinajstić information content (AvgIpc) is 3.18. The van der Waals surface area contributed by atoms with Crippen molar-refractivity contribution in [2.45, 2.75) is 51.8 Å². The molecule has 1 fully saturated rings. The number of para-hydroxylation sites is 1. The Morgan fingerprint density at radius 1 is 1.35 bits per heavy atom. The number of benzene rings is 1. The van der Waals surface area contributed by atoms with Gasteiger partial charge in [0.15, 0.2) is 0 Å². The Balaban J connectivity index is 2.01. The Labute approximate surface area is 120 Å². The highest BCUT2D eigenvalue weighted by Gasteiger charge is 2.33. The van der Waals surface area contributed by atoms with Crippen molar-refractivity contribution in [3.8, 4) is 0 Å². The molecule has 1 amide bonds. The number of nitrogens with two attached hydrogens (primary N) is 1. The molecule has 1 aliphatic carbocycles. The minimum atomic E-state index is -0.295. The Kier molecular flexibility index (Phi) is 4.33. The van der Waals surface area contributed by atoms with Gasteiger partial charge in [-0.3, -0.25) is 4.79 Å². The van der Waals surface area contributed by atoms with Crippen LogP contribution in [0, 0.1) is 0 Å². The van der Waals surface area contributed by atoms with Gasteiger partial charge in [-0.1, -0.05) is 18.2 Å². The quantitative estimate of drug-likeness (QED) is 0.841. The lowest BCUT2D eigenvalue weighted by molar-refractivity contribution is -0.142. The van der Waals surface area contributed by atoms with Gasteiger partial charge in [0.1, 0.15) is 6.61 Å². The Morgan fingerprint density at radius 2 is 2.00 bits per heavy atom. The maximum absolute atomic E-state index is 12.3. The van der Waals surface area contributed by atoms with Crippen molar-refractivity contribution in [1.82, 2.24) is 4.90 Å². The van der Waals surface area contributed by atoms with E-state index in [0.29, 0.717) is 12.6 Å². The number of carbonyl (C=O) groups excluding carboxylic acids is 1. The molecule has 20 heavy (non-hydrogen) atoms. The van der Waals surface area contributed by atoms with E-state index in [-0.39, 0.29) is 18.1 Å². The van der Waals surface area contributed by atoms with Gasteiger partial charge in [-0.15, -0.1) is 0 Å². The number of amides is 1. The van der Waals surface area contributed by atoms with Gasteiger partial charge in [-0.2, -0.15) is 0 Å². The summed E-state index contributed by atoms with van der Waals surface area (Å²) in [4.78, 5) is 14.2. The molecule has 1 aromatic rings. The first kappa shape index (κ1) is 14.9. The number of hydrogen-bond donors (Lipinski definition) is 1. The maximum atomic E-state index is 12.3. The van der Waals surface area contributed by atoms with Gasteiger partial charge in [0.2, 0.25) is 5.91 Å². The lowest BCUT2D eigenvalue weighted by atomic mass is 10.1. The monoisotopic (exact) mass is 276 g/mol. The van der Waals surface area contributed by atoms with Crippen molar-refractivity contribution >= 4 is 11.6 Å². The summed E-state index contributed by atoms with van der Waals surface area (Å²) in [6.07, 6.45) is 2.15. The third-order valence-corrected chi connectivity index (χ3v) is 3.33.